The summed E-state index contributed by atoms with van der Waals surface area (Å²) >= 11 is 0. The maximum Gasteiger partial charge on any atom is 0.262 e. The zero-order chi connectivity index (χ0) is 19.3. The molecular weight excluding hydrogens is 350 g/mol. The molecule has 0 aromatic heterocycles. The van der Waals surface area contributed by atoms with Crippen LogP contribution < -0.4 is 15.0 Å². The lowest BCUT2D eigenvalue weighted by atomic mass is 10.1. The summed E-state index contributed by atoms with van der Waals surface area (Å²) in [5, 5.41) is 3.04. The van der Waals surface area contributed by atoms with E-state index in [9.17, 15) is 4.79 Å². The molecule has 1 amide bonds. The number of aryl methyl sites for hydroxylation is 2. The van der Waals surface area contributed by atoms with E-state index in [4.69, 9.17) is 4.74 Å². The molecular formula is C23H29N3O2. The summed E-state index contributed by atoms with van der Waals surface area (Å²) in [6, 6.07) is 14.2. The molecule has 2 aromatic rings. The van der Waals surface area contributed by atoms with Crippen molar-refractivity contribution in [1.29, 1.82) is 0 Å². The Morgan fingerprint density at radius 1 is 1.04 bits per heavy atom. The first-order valence-electron chi connectivity index (χ1n) is 10.3. The third-order valence-electron chi connectivity index (χ3n) is 5.78. The fourth-order valence-electron chi connectivity index (χ4n) is 4.13. The molecule has 4 rings (SSSR count). The number of carbonyl (C=O) groups excluding carboxylic acids is 1. The number of hydrogen-bond acceptors (Lipinski definition) is 4. The molecule has 0 unspecified atom stereocenters. The van der Waals surface area contributed by atoms with Crippen molar-refractivity contribution in [3.05, 3.63) is 53.6 Å². The van der Waals surface area contributed by atoms with Gasteiger partial charge < -0.3 is 19.9 Å². The largest absolute Gasteiger partial charge is 0.484 e. The van der Waals surface area contributed by atoms with Crippen molar-refractivity contribution in [2.45, 2.75) is 26.2 Å². The number of rotatable bonds is 6. The Kier molecular flexibility index (Phi) is 5.81. The number of fused-ring (bicyclic) bond motifs is 1. The standard InChI is InChI=1S/C23H29N3O2/c1-2-25-12-14-26(15-13-25)22-9-4-3-8-21(22)24-23(27)17-28-20-11-10-18-6-5-7-19(18)16-20/h3-4,8-11,16H,2,5-7,12-15,17H2,1H3,(H,24,27). The van der Waals surface area contributed by atoms with Crippen LogP contribution in [0.4, 0.5) is 11.4 Å². The lowest BCUT2D eigenvalue weighted by Gasteiger charge is -2.36. The van der Waals surface area contributed by atoms with Crippen molar-refractivity contribution in [3.8, 4) is 5.75 Å². The summed E-state index contributed by atoms with van der Waals surface area (Å²) in [7, 11) is 0. The fraction of sp³-hybridized carbons (Fsp3) is 0.435. The molecule has 2 aromatic carbocycles. The van der Waals surface area contributed by atoms with Crippen LogP contribution in [0.5, 0.6) is 5.75 Å². The van der Waals surface area contributed by atoms with E-state index in [-0.39, 0.29) is 12.5 Å². The maximum absolute atomic E-state index is 12.5. The van der Waals surface area contributed by atoms with Crippen molar-refractivity contribution >= 4 is 17.3 Å². The molecule has 0 saturated carbocycles. The van der Waals surface area contributed by atoms with Crippen LogP contribution >= 0.6 is 0 Å². The Bertz CT molecular complexity index is 828. The first-order valence-corrected chi connectivity index (χ1v) is 10.3. The predicted octanol–water partition coefficient (Wildman–Crippen LogP) is 3.33. The Morgan fingerprint density at radius 3 is 2.64 bits per heavy atom. The highest BCUT2D eigenvalue weighted by Gasteiger charge is 2.19. The number of nitrogens with zero attached hydrogens (tertiary/aromatic N) is 2. The van der Waals surface area contributed by atoms with Gasteiger partial charge in [-0.15, -0.1) is 0 Å². The average molecular weight is 380 g/mol. The van der Waals surface area contributed by atoms with Gasteiger partial charge in [-0.2, -0.15) is 0 Å². The van der Waals surface area contributed by atoms with E-state index in [2.05, 4.69) is 40.2 Å². The highest BCUT2D eigenvalue weighted by molar-refractivity contribution is 5.95. The molecule has 148 valence electrons. The molecule has 28 heavy (non-hydrogen) atoms. The molecule has 0 atom stereocenters. The highest BCUT2D eigenvalue weighted by atomic mass is 16.5. The highest BCUT2D eigenvalue weighted by Crippen LogP contribution is 2.28. The van der Waals surface area contributed by atoms with Gasteiger partial charge in [0.15, 0.2) is 6.61 Å². The summed E-state index contributed by atoms with van der Waals surface area (Å²) in [4.78, 5) is 17.3. The number of nitrogens with one attached hydrogen (secondary N) is 1. The Hall–Kier alpha value is -2.53. The minimum absolute atomic E-state index is 0.0245. The van der Waals surface area contributed by atoms with Crippen molar-refractivity contribution < 1.29 is 9.53 Å². The summed E-state index contributed by atoms with van der Waals surface area (Å²) in [5.74, 6) is 0.653. The number of piperazine rings is 1. The van der Waals surface area contributed by atoms with Crippen LogP contribution in [0.25, 0.3) is 0 Å². The molecule has 0 spiro atoms. The van der Waals surface area contributed by atoms with Crippen molar-refractivity contribution in [2.24, 2.45) is 0 Å². The van der Waals surface area contributed by atoms with E-state index < -0.39 is 0 Å². The van der Waals surface area contributed by atoms with Crippen molar-refractivity contribution in [2.75, 3.05) is 49.5 Å². The zero-order valence-corrected chi connectivity index (χ0v) is 16.6. The van der Waals surface area contributed by atoms with E-state index in [1.54, 1.807) is 0 Å². The van der Waals surface area contributed by atoms with Crippen LogP contribution in [0, 0.1) is 0 Å². The minimum atomic E-state index is -0.125. The molecule has 5 nitrogen and oxygen atoms in total. The van der Waals surface area contributed by atoms with Gasteiger partial charge in [-0.1, -0.05) is 25.1 Å². The first-order chi connectivity index (χ1) is 13.7. The second kappa shape index (κ2) is 8.65. The normalized spacial score (nSPS) is 16.7. The van der Waals surface area contributed by atoms with Crippen LogP contribution in [-0.4, -0.2) is 50.1 Å². The summed E-state index contributed by atoms with van der Waals surface area (Å²) in [6.45, 7) is 7.38. The Balaban J connectivity index is 1.36. The predicted molar refractivity (Wildman–Crippen MR) is 113 cm³/mol. The molecule has 1 N–H and O–H groups in total. The second-order valence-corrected chi connectivity index (χ2v) is 7.56. The number of anilines is 2. The van der Waals surface area contributed by atoms with E-state index in [1.165, 1.54) is 17.5 Å². The number of ether oxygens (including phenoxy) is 1. The van der Waals surface area contributed by atoms with Crippen LogP contribution in [0.1, 0.15) is 24.5 Å². The zero-order valence-electron chi connectivity index (χ0n) is 16.6. The van der Waals surface area contributed by atoms with Gasteiger partial charge in [0.1, 0.15) is 5.75 Å². The van der Waals surface area contributed by atoms with Crippen LogP contribution in [0.15, 0.2) is 42.5 Å². The Labute approximate surface area is 167 Å². The molecule has 2 aliphatic rings. The third-order valence-corrected chi connectivity index (χ3v) is 5.78. The molecule has 1 aliphatic heterocycles. The molecule has 5 heteroatoms. The summed E-state index contributed by atoms with van der Waals surface area (Å²) in [6.07, 6.45) is 3.47. The fourth-order valence-corrected chi connectivity index (χ4v) is 4.13. The van der Waals surface area contributed by atoms with Crippen LogP contribution in [-0.2, 0) is 17.6 Å². The lowest BCUT2D eigenvalue weighted by Crippen LogP contribution is -2.46. The quantitative estimate of drug-likeness (QED) is 0.836. The van der Waals surface area contributed by atoms with Gasteiger partial charge in [0.2, 0.25) is 0 Å². The number of para-hydroxylation sites is 2. The lowest BCUT2D eigenvalue weighted by molar-refractivity contribution is -0.118. The van der Waals surface area contributed by atoms with Gasteiger partial charge in [-0.05, 0) is 61.2 Å². The average Bonchev–Trinajstić information content (AvgIpc) is 3.21. The molecule has 1 aliphatic carbocycles. The molecule has 1 fully saturated rings. The molecule has 0 bridgehead atoms. The number of hydrogen-bond donors (Lipinski definition) is 1. The molecule has 1 saturated heterocycles. The second-order valence-electron chi connectivity index (χ2n) is 7.56. The number of likely N-dealkylation sites (N-methyl/N-ethyl adjacent to an activating group) is 1. The number of benzene rings is 2. The minimum Gasteiger partial charge on any atom is -0.484 e. The van der Waals surface area contributed by atoms with Gasteiger partial charge in [-0.25, -0.2) is 0 Å². The SMILES string of the molecule is CCN1CCN(c2ccccc2NC(=O)COc2ccc3c(c2)CCC3)CC1. The van der Waals surface area contributed by atoms with Gasteiger partial charge in [0.25, 0.3) is 5.91 Å². The smallest absolute Gasteiger partial charge is 0.262 e. The van der Waals surface area contributed by atoms with Crippen molar-refractivity contribution in [3.63, 3.8) is 0 Å². The summed E-state index contributed by atoms with van der Waals surface area (Å²) in [5.41, 5.74) is 4.71. The van der Waals surface area contributed by atoms with E-state index in [0.717, 1.165) is 62.7 Å². The third kappa shape index (κ3) is 4.30. The maximum atomic E-state index is 12.5. The number of amides is 1. The first kappa shape index (κ1) is 18.8. The summed E-state index contributed by atoms with van der Waals surface area (Å²) < 4.78 is 5.75. The number of carbonyl (C=O) groups is 1. The topological polar surface area (TPSA) is 44.8 Å². The van der Waals surface area contributed by atoms with Gasteiger partial charge >= 0.3 is 0 Å². The Morgan fingerprint density at radius 2 is 1.82 bits per heavy atom. The van der Waals surface area contributed by atoms with Crippen LogP contribution in [0.3, 0.4) is 0 Å². The van der Waals surface area contributed by atoms with E-state index in [0.29, 0.717) is 0 Å². The van der Waals surface area contributed by atoms with Gasteiger partial charge in [0, 0.05) is 26.2 Å². The van der Waals surface area contributed by atoms with Gasteiger partial charge in [0.05, 0.1) is 11.4 Å². The van der Waals surface area contributed by atoms with Crippen LogP contribution in [0.2, 0.25) is 0 Å². The molecule has 1 heterocycles. The van der Waals surface area contributed by atoms with Gasteiger partial charge in [-0.3, -0.25) is 4.79 Å². The van der Waals surface area contributed by atoms with E-state index >= 15 is 0 Å². The monoisotopic (exact) mass is 379 g/mol. The van der Waals surface area contributed by atoms with E-state index in [1.807, 2.05) is 24.3 Å². The van der Waals surface area contributed by atoms with Crippen molar-refractivity contribution in [1.82, 2.24) is 4.90 Å². The molecule has 0 radical (unpaired) electrons.